The highest BCUT2D eigenvalue weighted by Gasteiger charge is 2.09. The van der Waals surface area contributed by atoms with E-state index in [0.717, 1.165) is 0 Å². The third-order valence-electron chi connectivity index (χ3n) is 1.81. The van der Waals surface area contributed by atoms with E-state index in [9.17, 15) is 9.59 Å². The van der Waals surface area contributed by atoms with Crippen LogP contribution in [-0.2, 0) is 4.79 Å². The van der Waals surface area contributed by atoms with Crippen molar-refractivity contribution in [1.29, 1.82) is 0 Å². The van der Waals surface area contributed by atoms with Gasteiger partial charge in [0, 0.05) is 14.1 Å². The van der Waals surface area contributed by atoms with Gasteiger partial charge in [0.1, 0.15) is 11.5 Å². The molecule has 3 N–H and O–H groups in total. The van der Waals surface area contributed by atoms with Gasteiger partial charge in [0.05, 0.1) is 18.9 Å². The third kappa shape index (κ3) is 3.19. The highest BCUT2D eigenvalue weighted by Crippen LogP contribution is 2.00. The Bertz CT molecular complexity index is 393. The summed E-state index contributed by atoms with van der Waals surface area (Å²) in [7, 11) is 3.17. The lowest BCUT2D eigenvalue weighted by molar-refractivity contribution is -0.119. The first kappa shape index (κ1) is 11.9. The topological polar surface area (TPSA) is 96.0 Å². The summed E-state index contributed by atoms with van der Waals surface area (Å²) in [6.45, 7) is -0.0825. The van der Waals surface area contributed by atoms with Crippen LogP contribution < -0.4 is 16.0 Å². The molecule has 0 aromatic carbocycles. The fourth-order valence-electron chi connectivity index (χ4n) is 0.935. The molecule has 0 unspecified atom stereocenters. The molecule has 7 heteroatoms. The van der Waals surface area contributed by atoms with E-state index in [2.05, 4.69) is 25.9 Å². The summed E-state index contributed by atoms with van der Waals surface area (Å²) in [5.74, 6) is -0.216. The van der Waals surface area contributed by atoms with E-state index < -0.39 is 5.91 Å². The Morgan fingerprint density at radius 3 is 2.69 bits per heavy atom. The standard InChI is InChI=1S/C9H13N5O2/c1-10-7-4-12-3-6(14-7)9(16)13-5-8(15)11-2/h3-4H,5H2,1-2H3,(H,10,14)(H,11,15)(H,13,16). The number of hydrogen-bond acceptors (Lipinski definition) is 5. The predicted octanol–water partition coefficient (Wildman–Crippen LogP) is -1.01. The highest BCUT2D eigenvalue weighted by atomic mass is 16.2. The molecule has 1 rings (SSSR count). The Hall–Kier alpha value is -2.18. The Labute approximate surface area is 92.7 Å². The number of hydrogen-bond donors (Lipinski definition) is 3. The zero-order valence-corrected chi connectivity index (χ0v) is 9.07. The van der Waals surface area contributed by atoms with E-state index in [0.29, 0.717) is 5.82 Å². The molecule has 0 saturated heterocycles. The van der Waals surface area contributed by atoms with Crippen LogP contribution in [0.2, 0.25) is 0 Å². The molecule has 0 aliphatic carbocycles. The van der Waals surface area contributed by atoms with Crippen molar-refractivity contribution in [3.8, 4) is 0 Å². The van der Waals surface area contributed by atoms with Crippen LogP contribution in [0, 0.1) is 0 Å². The minimum Gasteiger partial charge on any atom is -0.372 e. The van der Waals surface area contributed by atoms with Gasteiger partial charge in [-0.05, 0) is 0 Å². The fraction of sp³-hybridized carbons (Fsp3) is 0.333. The molecule has 7 nitrogen and oxygen atoms in total. The molecule has 1 aromatic rings. The number of carbonyl (C=O) groups is 2. The molecule has 86 valence electrons. The smallest absolute Gasteiger partial charge is 0.272 e. The molecule has 2 amide bonds. The van der Waals surface area contributed by atoms with Crippen LogP contribution >= 0.6 is 0 Å². The van der Waals surface area contributed by atoms with E-state index >= 15 is 0 Å². The number of likely N-dealkylation sites (N-methyl/N-ethyl adjacent to an activating group) is 1. The van der Waals surface area contributed by atoms with Gasteiger partial charge < -0.3 is 16.0 Å². The molecule has 16 heavy (non-hydrogen) atoms. The second kappa shape index (κ2) is 5.64. The summed E-state index contributed by atoms with van der Waals surface area (Å²) < 4.78 is 0. The second-order valence-corrected chi connectivity index (χ2v) is 2.90. The maximum absolute atomic E-state index is 11.5. The van der Waals surface area contributed by atoms with Crippen molar-refractivity contribution in [2.24, 2.45) is 0 Å². The number of nitrogens with one attached hydrogen (secondary N) is 3. The quantitative estimate of drug-likeness (QED) is 0.608. The normalized spacial score (nSPS) is 9.38. The van der Waals surface area contributed by atoms with Gasteiger partial charge in [-0.15, -0.1) is 0 Å². The van der Waals surface area contributed by atoms with Crippen molar-refractivity contribution in [2.75, 3.05) is 26.0 Å². The zero-order valence-electron chi connectivity index (χ0n) is 9.07. The maximum atomic E-state index is 11.5. The average molecular weight is 223 g/mol. The Balaban J connectivity index is 2.62. The van der Waals surface area contributed by atoms with Crippen molar-refractivity contribution < 1.29 is 9.59 Å². The van der Waals surface area contributed by atoms with E-state index in [1.807, 2.05) is 0 Å². The number of amides is 2. The summed E-state index contributed by atoms with van der Waals surface area (Å²) in [5, 5.41) is 7.58. The van der Waals surface area contributed by atoms with Crippen molar-refractivity contribution >= 4 is 17.6 Å². The van der Waals surface area contributed by atoms with Crippen LogP contribution in [0.1, 0.15) is 10.5 Å². The van der Waals surface area contributed by atoms with Gasteiger partial charge >= 0.3 is 0 Å². The van der Waals surface area contributed by atoms with Crippen LogP contribution in [0.25, 0.3) is 0 Å². The first-order valence-electron chi connectivity index (χ1n) is 4.66. The summed E-state index contributed by atoms with van der Waals surface area (Å²) in [5.41, 5.74) is 0.163. The molecule has 0 atom stereocenters. The maximum Gasteiger partial charge on any atom is 0.272 e. The fourth-order valence-corrected chi connectivity index (χ4v) is 0.935. The van der Waals surface area contributed by atoms with Gasteiger partial charge in [-0.2, -0.15) is 0 Å². The third-order valence-corrected chi connectivity index (χ3v) is 1.81. The molecular formula is C9H13N5O2. The van der Waals surface area contributed by atoms with Gasteiger partial charge in [0.15, 0.2) is 0 Å². The van der Waals surface area contributed by atoms with Gasteiger partial charge in [0.25, 0.3) is 5.91 Å². The number of aromatic nitrogens is 2. The molecule has 1 heterocycles. The molecule has 0 radical (unpaired) electrons. The van der Waals surface area contributed by atoms with Crippen LogP contribution in [-0.4, -0.2) is 42.4 Å². The van der Waals surface area contributed by atoms with Crippen LogP contribution in [0.5, 0.6) is 0 Å². The summed E-state index contributed by atoms with van der Waals surface area (Å²) in [6.07, 6.45) is 2.83. The van der Waals surface area contributed by atoms with E-state index in [-0.39, 0.29) is 18.1 Å². The first-order valence-corrected chi connectivity index (χ1v) is 4.66. The second-order valence-electron chi connectivity index (χ2n) is 2.90. The van der Waals surface area contributed by atoms with Crippen LogP contribution in [0.15, 0.2) is 12.4 Å². The van der Waals surface area contributed by atoms with Gasteiger partial charge in [-0.3, -0.25) is 14.6 Å². The minimum atomic E-state index is -0.437. The lowest BCUT2D eigenvalue weighted by atomic mass is 10.4. The molecule has 0 saturated carbocycles. The molecule has 0 aliphatic heterocycles. The van der Waals surface area contributed by atoms with Gasteiger partial charge in [-0.25, -0.2) is 4.98 Å². The SMILES string of the molecule is CNC(=O)CNC(=O)c1cncc(NC)n1. The lowest BCUT2D eigenvalue weighted by Gasteiger charge is -2.04. The molecule has 0 fully saturated rings. The van der Waals surface area contributed by atoms with Crippen molar-refractivity contribution in [1.82, 2.24) is 20.6 Å². The summed E-state index contributed by atoms with van der Waals surface area (Å²) in [4.78, 5) is 30.2. The molecule has 0 aliphatic rings. The van der Waals surface area contributed by atoms with E-state index in [1.54, 1.807) is 7.05 Å². The van der Waals surface area contributed by atoms with Crippen LogP contribution in [0.4, 0.5) is 5.82 Å². The minimum absolute atomic E-state index is 0.0825. The van der Waals surface area contributed by atoms with Crippen molar-refractivity contribution in [3.05, 3.63) is 18.1 Å². The number of rotatable bonds is 4. The number of nitrogens with zero attached hydrogens (tertiary/aromatic N) is 2. The number of anilines is 1. The number of carbonyl (C=O) groups excluding carboxylic acids is 2. The van der Waals surface area contributed by atoms with Crippen LogP contribution in [0.3, 0.4) is 0 Å². The molecule has 1 aromatic heterocycles. The zero-order chi connectivity index (χ0) is 12.0. The van der Waals surface area contributed by atoms with Crippen molar-refractivity contribution in [3.63, 3.8) is 0 Å². The highest BCUT2D eigenvalue weighted by molar-refractivity contribution is 5.94. The van der Waals surface area contributed by atoms with E-state index in [1.165, 1.54) is 19.4 Å². The van der Waals surface area contributed by atoms with Crippen molar-refractivity contribution in [2.45, 2.75) is 0 Å². The Morgan fingerprint density at radius 2 is 2.06 bits per heavy atom. The summed E-state index contributed by atoms with van der Waals surface area (Å²) in [6, 6.07) is 0. The molecular weight excluding hydrogens is 210 g/mol. The van der Waals surface area contributed by atoms with Gasteiger partial charge in [-0.1, -0.05) is 0 Å². The van der Waals surface area contributed by atoms with Gasteiger partial charge in [0.2, 0.25) is 5.91 Å². The summed E-state index contributed by atoms with van der Waals surface area (Å²) >= 11 is 0. The predicted molar refractivity (Wildman–Crippen MR) is 58.0 cm³/mol. The monoisotopic (exact) mass is 223 g/mol. The first-order chi connectivity index (χ1) is 7.67. The molecule has 0 bridgehead atoms. The Kier molecular flexibility index (Phi) is 4.19. The van der Waals surface area contributed by atoms with E-state index in [4.69, 9.17) is 0 Å². The lowest BCUT2D eigenvalue weighted by Crippen LogP contribution is -2.35. The average Bonchev–Trinajstić information content (AvgIpc) is 2.35. The Morgan fingerprint density at radius 1 is 1.31 bits per heavy atom. The molecule has 0 spiro atoms. The largest absolute Gasteiger partial charge is 0.372 e.